The predicted octanol–water partition coefficient (Wildman–Crippen LogP) is 4.88. The van der Waals surface area contributed by atoms with Crippen LogP contribution < -0.4 is 16.0 Å². The molecule has 2 aromatic heterocycles. The smallest absolute Gasteiger partial charge is 0.333 e. The number of fused-ring (bicyclic) bond motifs is 1. The van der Waals surface area contributed by atoms with Gasteiger partial charge >= 0.3 is 5.69 Å². The SMILES string of the molecule is CCCCn1c(=O)n(Cc2ccccc2F)c(=O)c2[nH]c(Cc3ccc(NS(=O)(=O)C=Cc4ccccc4)cc3)nc21. The number of nitrogens with one attached hydrogen (secondary N) is 2. The molecule has 2 N–H and O–H groups in total. The number of hydrogen-bond acceptors (Lipinski definition) is 5. The predicted molar refractivity (Wildman–Crippen MR) is 162 cm³/mol. The van der Waals surface area contributed by atoms with Crippen LogP contribution in [0.4, 0.5) is 10.1 Å². The number of nitrogens with zero attached hydrogens (tertiary/aromatic N) is 3. The van der Waals surface area contributed by atoms with Crippen LogP contribution in [0, 0.1) is 5.82 Å². The molecular weight excluding hydrogens is 557 g/mol. The number of hydrogen-bond donors (Lipinski definition) is 2. The number of halogens is 1. The van der Waals surface area contributed by atoms with E-state index >= 15 is 0 Å². The average molecular weight is 588 g/mol. The van der Waals surface area contributed by atoms with E-state index in [4.69, 9.17) is 0 Å². The lowest BCUT2D eigenvalue weighted by molar-refractivity contribution is 0.553. The van der Waals surface area contributed by atoms with Gasteiger partial charge in [-0.3, -0.25) is 18.7 Å². The first-order valence-corrected chi connectivity index (χ1v) is 15.1. The molecule has 0 fully saturated rings. The standard InChI is InChI=1S/C31H30FN5O4S/c1-2-3-18-36-29-28(30(38)37(31(36)39)21-24-11-7-8-12-26(24)32)33-27(34-29)20-23-13-15-25(16-14-23)35-42(40,41)19-17-22-9-5-4-6-10-22/h4-17,19,35H,2-3,18,20-21H2,1H3,(H,33,34). The highest BCUT2D eigenvalue weighted by atomic mass is 32.2. The minimum Gasteiger partial charge on any atom is -0.336 e. The molecule has 0 bridgehead atoms. The molecule has 11 heteroatoms. The molecule has 0 saturated heterocycles. The normalized spacial score (nSPS) is 11.9. The van der Waals surface area contributed by atoms with Gasteiger partial charge in [-0.15, -0.1) is 0 Å². The maximum Gasteiger partial charge on any atom is 0.333 e. The Morgan fingerprint density at radius 2 is 1.67 bits per heavy atom. The Bertz CT molecular complexity index is 1960. The number of anilines is 1. The minimum absolute atomic E-state index is 0.173. The van der Waals surface area contributed by atoms with Gasteiger partial charge in [0, 0.05) is 24.2 Å². The summed E-state index contributed by atoms with van der Waals surface area (Å²) < 4.78 is 44.3. The maximum absolute atomic E-state index is 14.3. The highest BCUT2D eigenvalue weighted by molar-refractivity contribution is 7.95. The third kappa shape index (κ3) is 6.58. The van der Waals surface area contributed by atoms with Crippen LogP contribution in [-0.2, 0) is 29.5 Å². The largest absolute Gasteiger partial charge is 0.336 e. The number of H-pyrrole nitrogens is 1. The first kappa shape index (κ1) is 28.7. The van der Waals surface area contributed by atoms with Gasteiger partial charge in [-0.05, 0) is 41.8 Å². The summed E-state index contributed by atoms with van der Waals surface area (Å²) in [6, 6.07) is 22.0. The summed E-state index contributed by atoms with van der Waals surface area (Å²) in [5.74, 6) is -0.0261. The van der Waals surface area contributed by atoms with E-state index in [9.17, 15) is 22.4 Å². The Morgan fingerprint density at radius 1 is 0.952 bits per heavy atom. The van der Waals surface area contributed by atoms with E-state index in [1.165, 1.54) is 16.7 Å². The molecule has 2 heterocycles. The second kappa shape index (κ2) is 12.4. The second-order valence-electron chi connectivity index (χ2n) is 9.89. The number of benzene rings is 3. The Labute approximate surface area is 242 Å². The lowest BCUT2D eigenvalue weighted by atomic mass is 10.1. The fourth-order valence-electron chi connectivity index (χ4n) is 4.57. The van der Waals surface area contributed by atoms with Crippen LogP contribution in [0.15, 0.2) is 93.9 Å². The molecule has 3 aromatic carbocycles. The van der Waals surface area contributed by atoms with E-state index < -0.39 is 27.1 Å². The molecule has 0 aliphatic rings. The molecule has 0 aliphatic heterocycles. The fraction of sp³-hybridized carbons (Fsp3) is 0.194. The van der Waals surface area contributed by atoms with Crippen molar-refractivity contribution in [2.45, 2.75) is 39.3 Å². The molecular formula is C31H30FN5O4S. The van der Waals surface area contributed by atoms with E-state index in [1.54, 1.807) is 54.6 Å². The number of sulfonamides is 1. The Hall–Kier alpha value is -4.77. The fourth-order valence-corrected chi connectivity index (χ4v) is 5.44. The molecule has 5 aromatic rings. The van der Waals surface area contributed by atoms with Gasteiger partial charge in [0.1, 0.15) is 17.2 Å². The molecule has 0 spiro atoms. The zero-order valence-electron chi connectivity index (χ0n) is 23.0. The van der Waals surface area contributed by atoms with Gasteiger partial charge in [-0.2, -0.15) is 0 Å². The van der Waals surface area contributed by atoms with E-state index in [0.717, 1.165) is 27.5 Å². The molecule has 0 saturated carbocycles. The first-order chi connectivity index (χ1) is 20.2. The maximum atomic E-state index is 14.3. The topological polar surface area (TPSA) is 119 Å². The lowest BCUT2D eigenvalue weighted by Gasteiger charge is -2.11. The van der Waals surface area contributed by atoms with Crippen molar-refractivity contribution in [1.29, 1.82) is 0 Å². The van der Waals surface area contributed by atoms with Crippen molar-refractivity contribution in [1.82, 2.24) is 19.1 Å². The number of rotatable bonds is 11. The Kier molecular flexibility index (Phi) is 8.48. The second-order valence-corrected chi connectivity index (χ2v) is 11.5. The summed E-state index contributed by atoms with van der Waals surface area (Å²) >= 11 is 0. The number of imidazole rings is 1. The number of aryl methyl sites for hydroxylation is 1. The Balaban J connectivity index is 1.39. The van der Waals surface area contributed by atoms with Crippen molar-refractivity contribution in [2.24, 2.45) is 0 Å². The molecule has 0 radical (unpaired) electrons. The molecule has 0 amide bonds. The van der Waals surface area contributed by atoms with E-state index in [0.29, 0.717) is 30.9 Å². The first-order valence-electron chi connectivity index (χ1n) is 13.5. The lowest BCUT2D eigenvalue weighted by Crippen LogP contribution is -2.40. The molecule has 9 nitrogen and oxygen atoms in total. The van der Waals surface area contributed by atoms with Crippen molar-refractivity contribution in [3.63, 3.8) is 0 Å². The van der Waals surface area contributed by atoms with Gasteiger partial charge in [0.25, 0.3) is 15.6 Å². The van der Waals surface area contributed by atoms with Crippen molar-refractivity contribution in [2.75, 3.05) is 4.72 Å². The van der Waals surface area contributed by atoms with Crippen LogP contribution >= 0.6 is 0 Å². The van der Waals surface area contributed by atoms with Gasteiger partial charge in [0.2, 0.25) is 0 Å². The van der Waals surface area contributed by atoms with Crippen LogP contribution in [0.2, 0.25) is 0 Å². The zero-order valence-corrected chi connectivity index (χ0v) is 23.8. The molecule has 42 heavy (non-hydrogen) atoms. The van der Waals surface area contributed by atoms with E-state index in [-0.39, 0.29) is 23.3 Å². The summed E-state index contributed by atoms with van der Waals surface area (Å²) in [4.78, 5) is 34.4. The molecule has 0 aliphatic carbocycles. The van der Waals surface area contributed by atoms with Crippen LogP contribution in [0.3, 0.4) is 0 Å². The van der Waals surface area contributed by atoms with Crippen LogP contribution in [0.25, 0.3) is 17.2 Å². The van der Waals surface area contributed by atoms with Crippen molar-refractivity contribution < 1.29 is 12.8 Å². The van der Waals surface area contributed by atoms with Gasteiger partial charge in [-0.25, -0.2) is 22.6 Å². The van der Waals surface area contributed by atoms with Gasteiger partial charge < -0.3 is 4.98 Å². The van der Waals surface area contributed by atoms with E-state index in [1.807, 2.05) is 25.1 Å². The summed E-state index contributed by atoms with van der Waals surface area (Å²) in [5, 5.41) is 1.11. The van der Waals surface area contributed by atoms with Gasteiger partial charge in [0.05, 0.1) is 12.0 Å². The highest BCUT2D eigenvalue weighted by Gasteiger charge is 2.18. The monoisotopic (exact) mass is 587 g/mol. The van der Waals surface area contributed by atoms with E-state index in [2.05, 4.69) is 14.7 Å². The molecule has 0 atom stereocenters. The quantitative estimate of drug-likeness (QED) is 0.228. The summed E-state index contributed by atoms with van der Waals surface area (Å²) in [6.45, 7) is 2.16. The van der Waals surface area contributed by atoms with Crippen molar-refractivity contribution >= 4 is 33.0 Å². The van der Waals surface area contributed by atoms with Crippen LogP contribution in [-0.4, -0.2) is 27.5 Å². The number of unbranched alkanes of at least 4 members (excludes halogenated alkanes) is 1. The summed E-state index contributed by atoms with van der Waals surface area (Å²) in [6.07, 6.45) is 3.36. The zero-order chi connectivity index (χ0) is 29.7. The molecule has 5 rings (SSSR count). The van der Waals surface area contributed by atoms with Crippen LogP contribution in [0.5, 0.6) is 0 Å². The summed E-state index contributed by atoms with van der Waals surface area (Å²) in [7, 11) is -3.71. The van der Waals surface area contributed by atoms with Crippen molar-refractivity contribution in [3.8, 4) is 0 Å². The Morgan fingerprint density at radius 3 is 2.38 bits per heavy atom. The van der Waals surface area contributed by atoms with Gasteiger partial charge in [0.15, 0.2) is 5.65 Å². The minimum atomic E-state index is -3.71. The molecule has 216 valence electrons. The third-order valence-electron chi connectivity index (χ3n) is 6.76. The van der Waals surface area contributed by atoms with Gasteiger partial charge in [-0.1, -0.05) is 74.0 Å². The number of aromatic nitrogens is 4. The van der Waals surface area contributed by atoms with Crippen LogP contribution in [0.1, 0.15) is 42.3 Å². The molecule has 0 unspecified atom stereocenters. The third-order valence-corrected chi connectivity index (χ3v) is 7.77. The van der Waals surface area contributed by atoms with Crippen molar-refractivity contribution in [3.05, 3.63) is 133 Å². The highest BCUT2D eigenvalue weighted by Crippen LogP contribution is 2.17. The average Bonchev–Trinajstić information content (AvgIpc) is 3.40. The number of aromatic amines is 1. The summed E-state index contributed by atoms with van der Waals surface area (Å²) in [5.41, 5.74) is 1.53.